The summed E-state index contributed by atoms with van der Waals surface area (Å²) in [5.74, 6) is 0.670. The molecule has 1 aromatic rings. The molecule has 0 aromatic heterocycles. The molecule has 2 rings (SSSR count). The molecule has 19 heavy (non-hydrogen) atoms. The summed E-state index contributed by atoms with van der Waals surface area (Å²) in [5.41, 5.74) is 2.17. The molecule has 1 unspecified atom stereocenters. The van der Waals surface area contributed by atoms with Gasteiger partial charge in [-0.3, -0.25) is 0 Å². The van der Waals surface area contributed by atoms with Crippen LogP contribution in [0.4, 0.5) is 0 Å². The summed E-state index contributed by atoms with van der Waals surface area (Å²) in [7, 11) is -0.179. The van der Waals surface area contributed by atoms with Crippen LogP contribution >= 0.6 is 0 Å². The van der Waals surface area contributed by atoms with Gasteiger partial charge in [0.25, 0.3) is 0 Å². The Morgan fingerprint density at radius 2 is 2.11 bits per heavy atom. The number of carbonyl (C=O) groups is 1. The second kappa shape index (κ2) is 5.34. The first-order valence-corrected chi connectivity index (χ1v) is 9.94. The number of benzene rings is 1. The van der Waals surface area contributed by atoms with Gasteiger partial charge in [0.15, 0.2) is 0 Å². The first-order valence-electron chi connectivity index (χ1n) is 6.54. The van der Waals surface area contributed by atoms with Gasteiger partial charge in [-0.15, -0.1) is 0 Å². The maximum atomic E-state index is 11.7. The van der Waals surface area contributed by atoms with Gasteiger partial charge in [-0.2, -0.15) is 0 Å². The summed E-state index contributed by atoms with van der Waals surface area (Å²) in [5, 5.41) is 3.19. The number of nitrogens with one attached hydrogen (secondary N) is 1. The summed E-state index contributed by atoms with van der Waals surface area (Å²) < 4.78 is 10.8. The minimum absolute atomic E-state index is 0.236. The van der Waals surface area contributed by atoms with Gasteiger partial charge in [0, 0.05) is 6.54 Å². The maximum absolute atomic E-state index is 11.7. The third kappa shape index (κ3) is 3.36. The summed E-state index contributed by atoms with van der Waals surface area (Å²) in [6, 6.07) is 5.62. The topological polar surface area (TPSA) is 47.6 Å². The molecule has 1 atom stereocenters. The van der Waals surface area contributed by atoms with Gasteiger partial charge >= 0.3 is 5.97 Å². The highest BCUT2D eigenvalue weighted by Crippen LogP contribution is 2.28. The molecule has 0 bridgehead atoms. The Labute approximate surface area is 115 Å². The molecule has 1 aliphatic rings. The third-order valence-electron chi connectivity index (χ3n) is 3.03. The van der Waals surface area contributed by atoms with Crippen molar-refractivity contribution in [3.63, 3.8) is 0 Å². The lowest BCUT2D eigenvalue weighted by atomic mass is 9.94. The van der Waals surface area contributed by atoms with Crippen LogP contribution in [0.1, 0.15) is 17.2 Å². The zero-order chi connectivity index (χ0) is 14.0. The van der Waals surface area contributed by atoms with Crippen LogP contribution in [-0.2, 0) is 16.0 Å². The second-order valence-electron chi connectivity index (χ2n) is 5.74. The second-order valence-corrected chi connectivity index (χ2v) is 10.2. The first-order chi connectivity index (χ1) is 8.90. The van der Waals surface area contributed by atoms with Crippen molar-refractivity contribution in [1.29, 1.82) is 0 Å². The number of hydrogen-bond donors (Lipinski definition) is 1. The molecule has 1 aliphatic heterocycles. The molecule has 0 aliphatic carbocycles. The van der Waals surface area contributed by atoms with Crippen LogP contribution in [-0.4, -0.2) is 27.9 Å². The number of rotatable bonds is 3. The number of methoxy groups -OCH3 is 1. The van der Waals surface area contributed by atoms with E-state index in [-0.39, 0.29) is 12.0 Å². The Balaban J connectivity index is 2.28. The number of esters is 1. The van der Waals surface area contributed by atoms with Crippen LogP contribution in [0.25, 0.3) is 0 Å². The smallest absolute Gasteiger partial charge is 0.327 e. The van der Waals surface area contributed by atoms with E-state index in [1.54, 1.807) is 0 Å². The third-order valence-corrected chi connectivity index (χ3v) is 3.88. The molecular weight excluding hydrogens is 258 g/mol. The zero-order valence-corrected chi connectivity index (χ0v) is 12.9. The summed E-state index contributed by atoms with van der Waals surface area (Å²) in [4.78, 5) is 11.7. The maximum Gasteiger partial charge on any atom is 0.327 e. The highest BCUT2D eigenvalue weighted by molar-refractivity contribution is 6.70. The average molecular weight is 279 g/mol. The van der Waals surface area contributed by atoms with E-state index in [9.17, 15) is 4.79 Å². The standard InChI is InChI=1S/C14H21NO3Si/c1-17-14(16)13-12-6-5-11(18-19(2,3)4)9-10(12)7-8-15-13/h5-6,9,13,15H,7-8H2,1-4H3. The lowest BCUT2D eigenvalue weighted by molar-refractivity contribution is -0.143. The van der Waals surface area contributed by atoms with Gasteiger partial charge in [-0.1, -0.05) is 6.07 Å². The van der Waals surface area contributed by atoms with Crippen LogP contribution in [0.15, 0.2) is 18.2 Å². The summed E-state index contributed by atoms with van der Waals surface area (Å²) in [6.07, 6.45) is 0.908. The lowest BCUT2D eigenvalue weighted by Crippen LogP contribution is -2.36. The van der Waals surface area contributed by atoms with E-state index < -0.39 is 8.32 Å². The van der Waals surface area contributed by atoms with E-state index in [0.29, 0.717) is 0 Å². The summed E-state index contributed by atoms with van der Waals surface area (Å²) in [6.45, 7) is 7.25. The predicted octanol–water partition coefficient (Wildman–Crippen LogP) is 2.26. The van der Waals surface area contributed by atoms with Gasteiger partial charge in [-0.25, -0.2) is 4.79 Å². The number of fused-ring (bicyclic) bond motifs is 1. The van der Waals surface area contributed by atoms with Crippen LogP contribution in [0.2, 0.25) is 19.6 Å². The van der Waals surface area contributed by atoms with Gasteiger partial charge in [0.1, 0.15) is 11.8 Å². The minimum atomic E-state index is -1.60. The van der Waals surface area contributed by atoms with Gasteiger partial charge < -0.3 is 14.5 Å². The van der Waals surface area contributed by atoms with E-state index >= 15 is 0 Å². The first kappa shape index (κ1) is 14.1. The Hall–Kier alpha value is -1.33. The highest BCUT2D eigenvalue weighted by atomic mass is 28.4. The molecule has 0 saturated carbocycles. The van der Waals surface area contributed by atoms with E-state index in [1.807, 2.05) is 12.1 Å². The molecule has 1 aromatic carbocycles. The van der Waals surface area contributed by atoms with Crippen molar-refractivity contribution in [2.75, 3.05) is 13.7 Å². The molecule has 0 fully saturated rings. The van der Waals surface area contributed by atoms with Gasteiger partial charge in [-0.05, 0) is 49.3 Å². The van der Waals surface area contributed by atoms with Gasteiger partial charge in [0.05, 0.1) is 7.11 Å². The normalized spacial score (nSPS) is 18.6. The molecule has 1 heterocycles. The number of ether oxygens (including phenoxy) is 1. The fraction of sp³-hybridized carbons (Fsp3) is 0.500. The Morgan fingerprint density at radius 3 is 2.74 bits per heavy atom. The zero-order valence-electron chi connectivity index (χ0n) is 11.9. The van der Waals surface area contributed by atoms with Crippen LogP contribution in [0.3, 0.4) is 0 Å². The van der Waals surface area contributed by atoms with E-state index in [4.69, 9.17) is 9.16 Å². The van der Waals surface area contributed by atoms with Crippen molar-refractivity contribution in [2.24, 2.45) is 0 Å². The lowest BCUT2D eigenvalue weighted by Gasteiger charge is -2.26. The van der Waals surface area contributed by atoms with E-state index in [2.05, 4.69) is 31.0 Å². The molecule has 4 nitrogen and oxygen atoms in total. The molecule has 104 valence electrons. The van der Waals surface area contributed by atoms with E-state index in [1.165, 1.54) is 12.7 Å². The van der Waals surface area contributed by atoms with Crippen LogP contribution in [0, 0.1) is 0 Å². The monoisotopic (exact) mass is 279 g/mol. The largest absolute Gasteiger partial charge is 0.544 e. The van der Waals surface area contributed by atoms with E-state index in [0.717, 1.165) is 24.3 Å². The van der Waals surface area contributed by atoms with Crippen molar-refractivity contribution in [2.45, 2.75) is 32.1 Å². The number of carbonyl (C=O) groups excluding carboxylic acids is 1. The Kier molecular flexibility index (Phi) is 3.96. The SMILES string of the molecule is COC(=O)C1NCCc2cc(O[Si](C)(C)C)ccc21. The molecule has 5 heteroatoms. The average Bonchev–Trinajstić information content (AvgIpc) is 2.35. The van der Waals surface area contributed by atoms with Crippen molar-refractivity contribution in [1.82, 2.24) is 5.32 Å². The van der Waals surface area contributed by atoms with Crippen molar-refractivity contribution >= 4 is 14.3 Å². The van der Waals surface area contributed by atoms with Crippen LogP contribution in [0.5, 0.6) is 5.75 Å². The molecule has 0 amide bonds. The Bertz CT molecular complexity index is 482. The Morgan fingerprint density at radius 1 is 1.37 bits per heavy atom. The van der Waals surface area contributed by atoms with Gasteiger partial charge in [0.2, 0.25) is 8.32 Å². The molecule has 0 spiro atoms. The molecule has 0 saturated heterocycles. The fourth-order valence-corrected chi connectivity index (χ4v) is 3.12. The van der Waals surface area contributed by atoms with Crippen molar-refractivity contribution in [3.05, 3.63) is 29.3 Å². The molecular formula is C14H21NO3Si. The summed E-state index contributed by atoms with van der Waals surface area (Å²) >= 11 is 0. The van der Waals surface area contributed by atoms with Crippen molar-refractivity contribution < 1.29 is 14.0 Å². The fourth-order valence-electron chi connectivity index (χ4n) is 2.29. The highest BCUT2D eigenvalue weighted by Gasteiger charge is 2.27. The van der Waals surface area contributed by atoms with Crippen molar-refractivity contribution in [3.8, 4) is 5.75 Å². The van der Waals surface area contributed by atoms with Crippen LogP contribution < -0.4 is 9.74 Å². The minimum Gasteiger partial charge on any atom is -0.544 e. The predicted molar refractivity (Wildman–Crippen MR) is 76.9 cm³/mol. The quantitative estimate of drug-likeness (QED) is 0.681. The molecule has 0 radical (unpaired) electrons. The number of hydrogen-bond acceptors (Lipinski definition) is 4. The molecule has 1 N–H and O–H groups in total.